The smallest absolute Gasteiger partial charge is 0.164 e. The molecule has 0 fully saturated rings. The maximum absolute atomic E-state index is 6.33. The Morgan fingerprint density at radius 3 is 1.94 bits per heavy atom. The summed E-state index contributed by atoms with van der Waals surface area (Å²) >= 11 is 0. The Morgan fingerprint density at radius 1 is 0.468 bits per heavy atom. The van der Waals surface area contributed by atoms with E-state index in [2.05, 4.69) is 121 Å². The van der Waals surface area contributed by atoms with Gasteiger partial charge in [-0.25, -0.2) is 15.0 Å². The SMILES string of the molecule is C1=C(c2nc(-c3ccc4ccc(-c5ccccc5)cc4c3)nc(-c3ccccc3-c3ccccc3)n2)c2c(oc3ccccc23)CC1. The molecular formula is C43H29N3O. The van der Waals surface area contributed by atoms with Crippen LogP contribution in [0.25, 0.3) is 72.3 Å². The van der Waals surface area contributed by atoms with Crippen LogP contribution in [0.3, 0.4) is 0 Å². The molecule has 9 rings (SSSR count). The van der Waals surface area contributed by atoms with E-state index in [4.69, 9.17) is 19.4 Å². The minimum atomic E-state index is 0.640. The van der Waals surface area contributed by atoms with E-state index in [1.54, 1.807) is 0 Å². The Morgan fingerprint density at radius 2 is 1.11 bits per heavy atom. The Bertz CT molecular complexity index is 2460. The Balaban J connectivity index is 1.25. The fraction of sp³-hybridized carbons (Fsp3) is 0.0465. The molecule has 1 aliphatic rings. The van der Waals surface area contributed by atoms with Crippen molar-refractivity contribution in [2.45, 2.75) is 12.8 Å². The van der Waals surface area contributed by atoms with Gasteiger partial charge in [-0.3, -0.25) is 0 Å². The van der Waals surface area contributed by atoms with Crippen molar-refractivity contribution in [3.63, 3.8) is 0 Å². The zero-order valence-electron chi connectivity index (χ0n) is 25.6. The average molecular weight is 604 g/mol. The van der Waals surface area contributed by atoms with E-state index in [9.17, 15) is 0 Å². The van der Waals surface area contributed by atoms with E-state index in [0.29, 0.717) is 17.5 Å². The van der Waals surface area contributed by atoms with Gasteiger partial charge in [0.25, 0.3) is 0 Å². The number of furan rings is 1. The van der Waals surface area contributed by atoms with E-state index in [1.165, 1.54) is 16.5 Å². The molecule has 4 nitrogen and oxygen atoms in total. The highest BCUT2D eigenvalue weighted by Crippen LogP contribution is 2.40. The monoisotopic (exact) mass is 603 g/mol. The van der Waals surface area contributed by atoms with Crippen molar-refractivity contribution >= 4 is 27.3 Å². The van der Waals surface area contributed by atoms with Gasteiger partial charge in [0, 0.05) is 34.1 Å². The summed E-state index contributed by atoms with van der Waals surface area (Å²) in [5.74, 6) is 2.92. The second kappa shape index (κ2) is 11.3. The molecule has 8 aromatic rings. The first-order valence-electron chi connectivity index (χ1n) is 16.0. The van der Waals surface area contributed by atoms with Crippen LogP contribution >= 0.6 is 0 Å². The minimum absolute atomic E-state index is 0.640. The number of allylic oxidation sites excluding steroid dienone is 1. The fourth-order valence-corrected chi connectivity index (χ4v) is 6.71. The number of para-hydroxylation sites is 1. The summed E-state index contributed by atoms with van der Waals surface area (Å²) in [7, 11) is 0. The Labute approximate surface area is 272 Å². The van der Waals surface area contributed by atoms with Crippen LogP contribution in [0.4, 0.5) is 0 Å². The van der Waals surface area contributed by atoms with Crippen LogP contribution in [0.5, 0.6) is 0 Å². The zero-order chi connectivity index (χ0) is 31.2. The number of hydrogen-bond acceptors (Lipinski definition) is 4. The number of benzene rings is 6. The quantitative estimate of drug-likeness (QED) is 0.196. The highest BCUT2D eigenvalue weighted by molar-refractivity contribution is 5.97. The van der Waals surface area contributed by atoms with Crippen molar-refractivity contribution in [2.75, 3.05) is 0 Å². The number of hydrogen-bond donors (Lipinski definition) is 0. The van der Waals surface area contributed by atoms with Gasteiger partial charge in [0.2, 0.25) is 0 Å². The third-order valence-corrected chi connectivity index (χ3v) is 8.99. The van der Waals surface area contributed by atoms with Crippen molar-refractivity contribution < 1.29 is 4.42 Å². The molecule has 4 heteroatoms. The van der Waals surface area contributed by atoms with E-state index in [-0.39, 0.29) is 0 Å². The lowest BCUT2D eigenvalue weighted by Crippen LogP contribution is -2.07. The number of nitrogens with zero attached hydrogens (tertiary/aromatic N) is 3. The van der Waals surface area contributed by atoms with Crippen molar-refractivity contribution in [3.8, 4) is 45.0 Å². The van der Waals surface area contributed by atoms with Crippen LogP contribution in [-0.4, -0.2) is 15.0 Å². The Kier molecular flexibility index (Phi) is 6.57. The molecule has 0 spiro atoms. The molecule has 1 aliphatic carbocycles. The van der Waals surface area contributed by atoms with Gasteiger partial charge in [-0.1, -0.05) is 133 Å². The molecule has 0 bridgehead atoms. The highest BCUT2D eigenvalue weighted by atomic mass is 16.3. The van der Waals surface area contributed by atoms with Crippen LogP contribution in [-0.2, 0) is 6.42 Å². The van der Waals surface area contributed by atoms with E-state index < -0.39 is 0 Å². The summed E-state index contributed by atoms with van der Waals surface area (Å²) in [6.07, 6.45) is 3.96. The second-order valence-electron chi connectivity index (χ2n) is 11.9. The standard InChI is InChI=1S/C43H29N3O/c1-3-12-28(13-4-1)31-24-22-29-23-25-32(27-33(29)26-31)41-44-42(35-17-8-7-16-34(35)30-14-5-2-6-15-30)46-43(45-41)37-19-11-21-39-40(37)36-18-9-10-20-38(36)47-39/h1-10,12-20,22-27H,11,21H2. The predicted octanol–water partition coefficient (Wildman–Crippen LogP) is 10.8. The zero-order valence-corrected chi connectivity index (χ0v) is 25.6. The molecule has 2 heterocycles. The number of aryl methyl sites for hydroxylation is 1. The van der Waals surface area contributed by atoms with Crippen LogP contribution in [0.1, 0.15) is 23.6 Å². The predicted molar refractivity (Wildman–Crippen MR) is 191 cm³/mol. The molecule has 0 amide bonds. The summed E-state index contributed by atoms with van der Waals surface area (Å²) in [6.45, 7) is 0. The van der Waals surface area contributed by atoms with Gasteiger partial charge in [-0.15, -0.1) is 0 Å². The summed E-state index contributed by atoms with van der Waals surface area (Å²) in [5, 5.41) is 3.39. The molecule has 0 saturated carbocycles. The van der Waals surface area contributed by atoms with Gasteiger partial charge in [0.15, 0.2) is 17.5 Å². The number of rotatable bonds is 5. The summed E-state index contributed by atoms with van der Waals surface area (Å²) in [4.78, 5) is 15.6. The van der Waals surface area contributed by atoms with Crippen molar-refractivity contribution in [3.05, 3.63) is 169 Å². The third-order valence-electron chi connectivity index (χ3n) is 8.99. The molecule has 6 aromatic carbocycles. The summed E-state index contributed by atoms with van der Waals surface area (Å²) in [5.41, 5.74) is 9.42. The molecule has 0 atom stereocenters. The van der Waals surface area contributed by atoms with E-state index >= 15 is 0 Å². The van der Waals surface area contributed by atoms with Crippen molar-refractivity contribution in [1.29, 1.82) is 0 Å². The first-order chi connectivity index (χ1) is 23.3. The molecule has 2 aromatic heterocycles. The molecule has 0 N–H and O–H groups in total. The van der Waals surface area contributed by atoms with Crippen LogP contribution in [0.15, 0.2) is 156 Å². The van der Waals surface area contributed by atoms with Gasteiger partial charge >= 0.3 is 0 Å². The molecule has 0 unspecified atom stereocenters. The molecule has 0 radical (unpaired) electrons. The number of fused-ring (bicyclic) bond motifs is 4. The number of aromatic nitrogens is 3. The first-order valence-corrected chi connectivity index (χ1v) is 16.0. The van der Waals surface area contributed by atoms with Crippen molar-refractivity contribution in [1.82, 2.24) is 15.0 Å². The topological polar surface area (TPSA) is 51.8 Å². The van der Waals surface area contributed by atoms with Gasteiger partial charge in [-0.05, 0) is 57.6 Å². The van der Waals surface area contributed by atoms with Crippen LogP contribution < -0.4 is 0 Å². The van der Waals surface area contributed by atoms with Gasteiger partial charge < -0.3 is 4.42 Å². The molecule has 0 aliphatic heterocycles. The average Bonchev–Trinajstić information content (AvgIpc) is 3.54. The molecular weight excluding hydrogens is 574 g/mol. The highest BCUT2D eigenvalue weighted by Gasteiger charge is 2.25. The van der Waals surface area contributed by atoms with E-state index in [0.717, 1.165) is 68.3 Å². The summed E-state index contributed by atoms with van der Waals surface area (Å²) in [6, 6.07) is 50.6. The molecule has 47 heavy (non-hydrogen) atoms. The van der Waals surface area contributed by atoms with Crippen LogP contribution in [0, 0.1) is 0 Å². The van der Waals surface area contributed by atoms with Gasteiger partial charge in [0.1, 0.15) is 11.3 Å². The fourth-order valence-electron chi connectivity index (χ4n) is 6.71. The van der Waals surface area contributed by atoms with Gasteiger partial charge in [-0.2, -0.15) is 0 Å². The maximum Gasteiger partial charge on any atom is 0.164 e. The first kappa shape index (κ1) is 27.2. The Hall–Kier alpha value is -6.13. The normalized spacial score (nSPS) is 12.6. The van der Waals surface area contributed by atoms with Crippen LogP contribution in [0.2, 0.25) is 0 Å². The largest absolute Gasteiger partial charge is 0.460 e. The lowest BCUT2D eigenvalue weighted by Gasteiger charge is -2.16. The van der Waals surface area contributed by atoms with Crippen molar-refractivity contribution in [2.24, 2.45) is 0 Å². The maximum atomic E-state index is 6.33. The lowest BCUT2D eigenvalue weighted by atomic mass is 9.93. The molecule has 222 valence electrons. The lowest BCUT2D eigenvalue weighted by molar-refractivity contribution is 0.545. The van der Waals surface area contributed by atoms with Gasteiger partial charge in [0.05, 0.1) is 0 Å². The summed E-state index contributed by atoms with van der Waals surface area (Å²) < 4.78 is 6.33. The van der Waals surface area contributed by atoms with E-state index in [1.807, 2.05) is 30.3 Å². The third kappa shape index (κ3) is 4.91. The molecule has 0 saturated heterocycles. The minimum Gasteiger partial charge on any atom is -0.460 e. The second-order valence-corrected chi connectivity index (χ2v) is 11.9.